The summed E-state index contributed by atoms with van der Waals surface area (Å²) in [6, 6.07) is 7.15. The van der Waals surface area contributed by atoms with Crippen molar-refractivity contribution in [2.45, 2.75) is 6.42 Å². The summed E-state index contributed by atoms with van der Waals surface area (Å²) in [6.07, 6.45) is 6.93. The zero-order valence-corrected chi connectivity index (χ0v) is 8.95. The van der Waals surface area contributed by atoms with Gasteiger partial charge in [0.15, 0.2) is 0 Å². The third kappa shape index (κ3) is 2.92. The Labute approximate surface area is 92.5 Å². The van der Waals surface area contributed by atoms with Crippen LogP contribution >= 0.6 is 11.3 Å². The summed E-state index contributed by atoms with van der Waals surface area (Å²) < 4.78 is 0. The van der Waals surface area contributed by atoms with Crippen molar-refractivity contribution in [3.05, 3.63) is 52.5 Å². The van der Waals surface area contributed by atoms with Gasteiger partial charge in [-0.25, -0.2) is 0 Å². The maximum absolute atomic E-state index is 9.10. The Hall–Kier alpha value is -1.61. The topological polar surface area (TPSA) is 33.1 Å². The molecule has 0 radical (unpaired) electrons. The minimum absolute atomic E-state index is 0.301. The first-order chi connectivity index (χ1) is 7.34. The number of nitrogens with zero attached hydrogens (tertiary/aromatic N) is 1. The van der Waals surface area contributed by atoms with Crippen molar-refractivity contribution >= 4 is 17.4 Å². The Morgan fingerprint density at radius 2 is 2.07 bits per heavy atom. The molecule has 1 aromatic heterocycles. The Bertz CT molecular complexity index is 431. The molecule has 0 aliphatic heterocycles. The molecule has 2 nitrogen and oxygen atoms in total. The highest BCUT2D eigenvalue weighted by Gasteiger charge is 1.90. The number of aromatic hydroxyl groups is 1. The number of aromatic nitrogens is 1. The van der Waals surface area contributed by atoms with E-state index in [2.05, 4.69) is 11.1 Å². The molecule has 0 aliphatic carbocycles. The second-order valence-corrected chi connectivity index (χ2v) is 4.14. The van der Waals surface area contributed by atoms with E-state index in [1.54, 1.807) is 23.5 Å². The zero-order valence-electron chi connectivity index (χ0n) is 8.13. The van der Waals surface area contributed by atoms with E-state index in [1.807, 2.05) is 29.9 Å². The quantitative estimate of drug-likeness (QED) is 0.857. The van der Waals surface area contributed by atoms with Gasteiger partial charge in [0, 0.05) is 17.5 Å². The molecular weight excluding hydrogens is 206 g/mol. The molecule has 0 spiro atoms. The lowest BCUT2D eigenvalue weighted by atomic mass is 10.2. The Morgan fingerprint density at radius 3 is 2.73 bits per heavy atom. The Morgan fingerprint density at radius 1 is 1.27 bits per heavy atom. The molecule has 0 unspecified atom stereocenters. The minimum Gasteiger partial charge on any atom is -0.508 e. The van der Waals surface area contributed by atoms with Gasteiger partial charge in [-0.3, -0.25) is 4.98 Å². The van der Waals surface area contributed by atoms with Crippen LogP contribution in [-0.4, -0.2) is 10.1 Å². The van der Waals surface area contributed by atoms with Crippen LogP contribution in [0.3, 0.4) is 0 Å². The third-order valence-electron chi connectivity index (χ3n) is 2.01. The van der Waals surface area contributed by atoms with Gasteiger partial charge in [0.05, 0.1) is 5.51 Å². The van der Waals surface area contributed by atoms with Crippen LogP contribution in [0.2, 0.25) is 0 Å². The van der Waals surface area contributed by atoms with Crippen LogP contribution in [0, 0.1) is 0 Å². The molecule has 1 N–H and O–H groups in total. The van der Waals surface area contributed by atoms with Crippen LogP contribution in [0.1, 0.15) is 10.4 Å². The lowest BCUT2D eigenvalue weighted by Crippen LogP contribution is -1.74. The number of rotatable bonds is 3. The van der Waals surface area contributed by atoms with E-state index in [1.165, 1.54) is 4.88 Å². The van der Waals surface area contributed by atoms with Crippen molar-refractivity contribution in [1.29, 1.82) is 0 Å². The van der Waals surface area contributed by atoms with Gasteiger partial charge in [0.2, 0.25) is 0 Å². The van der Waals surface area contributed by atoms with Crippen LogP contribution < -0.4 is 0 Å². The summed E-state index contributed by atoms with van der Waals surface area (Å²) >= 11 is 1.66. The molecule has 76 valence electrons. The molecule has 0 atom stereocenters. The molecule has 0 aliphatic rings. The largest absolute Gasteiger partial charge is 0.508 e. The van der Waals surface area contributed by atoms with Crippen molar-refractivity contribution in [2.24, 2.45) is 0 Å². The van der Waals surface area contributed by atoms with Gasteiger partial charge in [-0.05, 0) is 17.7 Å². The van der Waals surface area contributed by atoms with Crippen LogP contribution in [0.4, 0.5) is 0 Å². The molecule has 15 heavy (non-hydrogen) atoms. The minimum atomic E-state index is 0.301. The molecule has 0 saturated heterocycles. The van der Waals surface area contributed by atoms with E-state index in [-0.39, 0.29) is 0 Å². The molecule has 0 bridgehead atoms. The van der Waals surface area contributed by atoms with Crippen molar-refractivity contribution in [3.63, 3.8) is 0 Å². The fourth-order valence-corrected chi connectivity index (χ4v) is 1.81. The fourth-order valence-electron chi connectivity index (χ4n) is 1.24. The number of hydrogen-bond donors (Lipinski definition) is 1. The SMILES string of the molecule is Oc1ccc(/C=C/Cc2cncs2)cc1. The van der Waals surface area contributed by atoms with Crippen molar-refractivity contribution in [3.8, 4) is 5.75 Å². The van der Waals surface area contributed by atoms with Crippen LogP contribution in [0.5, 0.6) is 5.75 Å². The summed E-state index contributed by atoms with van der Waals surface area (Å²) in [5.74, 6) is 0.301. The normalized spacial score (nSPS) is 10.9. The lowest BCUT2D eigenvalue weighted by Gasteiger charge is -1.93. The van der Waals surface area contributed by atoms with E-state index in [4.69, 9.17) is 5.11 Å². The van der Waals surface area contributed by atoms with Crippen LogP contribution in [-0.2, 0) is 6.42 Å². The second-order valence-electron chi connectivity index (χ2n) is 3.17. The lowest BCUT2D eigenvalue weighted by molar-refractivity contribution is 0.475. The van der Waals surface area contributed by atoms with E-state index >= 15 is 0 Å². The molecule has 1 aromatic carbocycles. The molecule has 0 fully saturated rings. The summed E-state index contributed by atoms with van der Waals surface area (Å²) in [4.78, 5) is 5.27. The van der Waals surface area contributed by atoms with Gasteiger partial charge in [0.1, 0.15) is 5.75 Å². The first kappa shape index (κ1) is 9.93. The van der Waals surface area contributed by atoms with E-state index < -0.39 is 0 Å². The van der Waals surface area contributed by atoms with Crippen molar-refractivity contribution in [2.75, 3.05) is 0 Å². The number of phenols is 1. The highest BCUT2D eigenvalue weighted by molar-refractivity contribution is 7.09. The molecular formula is C12H11NOS. The van der Waals surface area contributed by atoms with Gasteiger partial charge in [-0.15, -0.1) is 11.3 Å². The summed E-state index contributed by atoms with van der Waals surface area (Å²) in [6.45, 7) is 0. The average molecular weight is 217 g/mol. The molecule has 0 saturated carbocycles. The third-order valence-corrected chi connectivity index (χ3v) is 2.81. The van der Waals surface area contributed by atoms with Gasteiger partial charge in [-0.1, -0.05) is 24.3 Å². The van der Waals surface area contributed by atoms with E-state index in [0.717, 1.165) is 12.0 Å². The van der Waals surface area contributed by atoms with Crippen LogP contribution in [0.15, 0.2) is 42.0 Å². The number of benzene rings is 1. The molecule has 0 amide bonds. The smallest absolute Gasteiger partial charge is 0.115 e. The van der Waals surface area contributed by atoms with Gasteiger partial charge >= 0.3 is 0 Å². The van der Waals surface area contributed by atoms with Crippen molar-refractivity contribution in [1.82, 2.24) is 4.98 Å². The molecule has 2 aromatic rings. The number of hydrogen-bond acceptors (Lipinski definition) is 3. The van der Waals surface area contributed by atoms with Gasteiger partial charge in [-0.2, -0.15) is 0 Å². The maximum atomic E-state index is 9.10. The summed E-state index contributed by atoms with van der Waals surface area (Å²) in [7, 11) is 0. The van der Waals surface area contributed by atoms with Crippen LogP contribution in [0.25, 0.3) is 6.08 Å². The number of allylic oxidation sites excluding steroid dienone is 1. The summed E-state index contributed by atoms with van der Waals surface area (Å²) in [5.41, 5.74) is 2.93. The Kier molecular flexibility index (Phi) is 3.15. The summed E-state index contributed by atoms with van der Waals surface area (Å²) in [5, 5.41) is 9.10. The highest BCUT2D eigenvalue weighted by atomic mass is 32.1. The van der Waals surface area contributed by atoms with E-state index in [9.17, 15) is 0 Å². The number of thiazole rings is 1. The van der Waals surface area contributed by atoms with Gasteiger partial charge in [0.25, 0.3) is 0 Å². The highest BCUT2D eigenvalue weighted by Crippen LogP contribution is 2.12. The fraction of sp³-hybridized carbons (Fsp3) is 0.0833. The number of phenolic OH excluding ortho intramolecular Hbond substituents is 1. The molecule has 2 rings (SSSR count). The second kappa shape index (κ2) is 4.75. The van der Waals surface area contributed by atoms with Crippen molar-refractivity contribution < 1.29 is 5.11 Å². The monoisotopic (exact) mass is 217 g/mol. The first-order valence-corrected chi connectivity index (χ1v) is 5.55. The Balaban J connectivity index is 1.97. The molecule has 1 heterocycles. The molecule has 3 heteroatoms. The zero-order chi connectivity index (χ0) is 10.5. The average Bonchev–Trinajstić information content (AvgIpc) is 2.74. The first-order valence-electron chi connectivity index (χ1n) is 4.67. The predicted octanol–water partition coefficient (Wildman–Crippen LogP) is 3.10. The van der Waals surface area contributed by atoms with E-state index in [0.29, 0.717) is 5.75 Å². The standard InChI is InChI=1S/C12H11NOS/c14-11-6-4-10(5-7-11)2-1-3-12-8-13-9-15-12/h1-2,4-9,14H,3H2/b2-1+. The predicted molar refractivity (Wildman–Crippen MR) is 63.0 cm³/mol. The van der Waals surface area contributed by atoms with Gasteiger partial charge < -0.3 is 5.11 Å². The maximum Gasteiger partial charge on any atom is 0.115 e.